The molecule has 3 heterocycles. The molecule has 1 aromatic heterocycles. The second kappa shape index (κ2) is 7.46. The molecule has 0 radical (unpaired) electrons. The van der Waals surface area contributed by atoms with Crippen LogP contribution in [0.15, 0.2) is 46.9 Å². The van der Waals surface area contributed by atoms with Crippen molar-refractivity contribution in [2.75, 3.05) is 12.3 Å². The minimum Gasteiger partial charge on any atom is -0.273 e. The van der Waals surface area contributed by atoms with Crippen molar-refractivity contribution in [1.82, 2.24) is 9.91 Å². The standard InChI is InChI=1S/C18H14ClN3O3S2/c19-12-5-2-1-4-11(12)13-8-14(15-6-3-7-26-15)22(20-13)16(23)9-21-17(24)10-27-18(21)25/h1-7,14H,8-10H2. The molecule has 1 atom stereocenters. The second-order valence-electron chi connectivity index (χ2n) is 6.03. The molecule has 0 bridgehead atoms. The smallest absolute Gasteiger partial charge is 0.273 e. The Balaban J connectivity index is 1.64. The molecule has 27 heavy (non-hydrogen) atoms. The molecule has 0 saturated carbocycles. The van der Waals surface area contributed by atoms with Crippen LogP contribution in [0.1, 0.15) is 22.9 Å². The van der Waals surface area contributed by atoms with E-state index in [2.05, 4.69) is 5.10 Å². The number of imide groups is 1. The Hall–Kier alpha value is -2.16. The van der Waals surface area contributed by atoms with Gasteiger partial charge in [-0.3, -0.25) is 19.3 Å². The van der Waals surface area contributed by atoms with Crippen LogP contribution in [0.2, 0.25) is 5.02 Å². The molecule has 0 aliphatic carbocycles. The maximum atomic E-state index is 12.9. The van der Waals surface area contributed by atoms with Crippen LogP contribution in [0.25, 0.3) is 0 Å². The average Bonchev–Trinajstić information content (AvgIpc) is 3.38. The van der Waals surface area contributed by atoms with Crippen LogP contribution in [0.4, 0.5) is 4.79 Å². The average molecular weight is 420 g/mol. The third-order valence-electron chi connectivity index (χ3n) is 4.36. The first-order valence-corrected chi connectivity index (χ1v) is 10.4. The topological polar surface area (TPSA) is 70.1 Å². The van der Waals surface area contributed by atoms with Gasteiger partial charge >= 0.3 is 0 Å². The Bertz CT molecular complexity index is 929. The van der Waals surface area contributed by atoms with Gasteiger partial charge in [0.05, 0.1) is 17.5 Å². The summed E-state index contributed by atoms with van der Waals surface area (Å²) in [5.74, 6) is -0.658. The second-order valence-corrected chi connectivity index (χ2v) is 8.35. The van der Waals surface area contributed by atoms with Gasteiger partial charge in [-0.25, -0.2) is 5.01 Å². The summed E-state index contributed by atoms with van der Waals surface area (Å²) >= 11 is 8.74. The molecule has 1 fully saturated rings. The van der Waals surface area contributed by atoms with Crippen LogP contribution in [0.5, 0.6) is 0 Å². The zero-order valence-corrected chi connectivity index (χ0v) is 16.4. The van der Waals surface area contributed by atoms with E-state index < -0.39 is 5.24 Å². The lowest BCUT2D eigenvalue weighted by Gasteiger charge is -2.22. The van der Waals surface area contributed by atoms with Crippen LogP contribution in [-0.4, -0.2) is 45.0 Å². The third-order valence-corrected chi connectivity index (χ3v) is 6.52. The number of carbonyl (C=O) groups is 3. The fourth-order valence-corrected chi connectivity index (χ4v) is 4.82. The number of thioether (sulfide) groups is 1. The zero-order chi connectivity index (χ0) is 19.0. The highest BCUT2D eigenvalue weighted by molar-refractivity contribution is 8.14. The first kappa shape index (κ1) is 18.2. The van der Waals surface area contributed by atoms with Gasteiger partial charge in [-0.2, -0.15) is 5.10 Å². The number of benzene rings is 1. The molecule has 1 saturated heterocycles. The molecule has 4 rings (SSSR count). The molecular weight excluding hydrogens is 406 g/mol. The van der Waals surface area contributed by atoms with Crippen molar-refractivity contribution in [1.29, 1.82) is 0 Å². The van der Waals surface area contributed by atoms with E-state index in [1.807, 2.05) is 35.7 Å². The number of amides is 3. The largest absolute Gasteiger partial charge is 0.289 e. The predicted octanol–water partition coefficient (Wildman–Crippen LogP) is 3.77. The molecule has 0 N–H and O–H groups in total. The molecule has 138 valence electrons. The van der Waals surface area contributed by atoms with Crippen molar-refractivity contribution >= 4 is 57.5 Å². The lowest BCUT2D eigenvalue weighted by atomic mass is 10.0. The van der Waals surface area contributed by atoms with Crippen LogP contribution in [0.3, 0.4) is 0 Å². The Morgan fingerprint density at radius 3 is 2.70 bits per heavy atom. The highest BCUT2D eigenvalue weighted by Gasteiger charge is 2.38. The molecule has 2 aromatic rings. The normalized spacial score (nSPS) is 19.7. The molecule has 0 spiro atoms. The number of halogens is 1. The van der Waals surface area contributed by atoms with E-state index in [0.29, 0.717) is 17.2 Å². The van der Waals surface area contributed by atoms with Crippen molar-refractivity contribution in [3.05, 3.63) is 57.2 Å². The maximum absolute atomic E-state index is 12.9. The molecule has 2 aliphatic rings. The summed E-state index contributed by atoms with van der Waals surface area (Å²) in [4.78, 5) is 38.5. The highest BCUT2D eigenvalue weighted by atomic mass is 35.5. The number of hydrogen-bond donors (Lipinski definition) is 0. The number of nitrogens with zero attached hydrogens (tertiary/aromatic N) is 3. The summed E-state index contributed by atoms with van der Waals surface area (Å²) in [6.07, 6.45) is 0.520. The van der Waals surface area contributed by atoms with Crippen molar-refractivity contribution in [2.45, 2.75) is 12.5 Å². The fourth-order valence-electron chi connectivity index (χ4n) is 3.04. The van der Waals surface area contributed by atoms with Gasteiger partial charge in [-0.05, 0) is 17.5 Å². The van der Waals surface area contributed by atoms with Crippen molar-refractivity contribution in [3.8, 4) is 0 Å². The molecule has 1 aromatic carbocycles. The Morgan fingerprint density at radius 1 is 1.22 bits per heavy atom. The minimum atomic E-state index is -0.393. The van der Waals surface area contributed by atoms with E-state index in [-0.39, 0.29) is 30.2 Å². The van der Waals surface area contributed by atoms with Gasteiger partial charge in [0, 0.05) is 21.9 Å². The lowest BCUT2D eigenvalue weighted by Crippen LogP contribution is -2.40. The van der Waals surface area contributed by atoms with Crippen LogP contribution in [-0.2, 0) is 9.59 Å². The summed E-state index contributed by atoms with van der Waals surface area (Å²) in [6, 6.07) is 10.9. The van der Waals surface area contributed by atoms with Crippen molar-refractivity contribution < 1.29 is 14.4 Å². The van der Waals surface area contributed by atoms with Crippen LogP contribution in [0, 0.1) is 0 Å². The van der Waals surface area contributed by atoms with E-state index in [1.54, 1.807) is 6.07 Å². The summed E-state index contributed by atoms with van der Waals surface area (Å²) in [5, 5.41) is 8.01. The quantitative estimate of drug-likeness (QED) is 0.756. The van der Waals surface area contributed by atoms with E-state index in [0.717, 1.165) is 27.1 Å². The van der Waals surface area contributed by atoms with E-state index in [1.165, 1.54) is 16.3 Å². The Kier molecular flexibility index (Phi) is 5.03. The van der Waals surface area contributed by atoms with E-state index in [9.17, 15) is 14.4 Å². The predicted molar refractivity (Wildman–Crippen MR) is 106 cm³/mol. The maximum Gasteiger partial charge on any atom is 0.289 e. The van der Waals surface area contributed by atoms with Gasteiger partial charge in [0.25, 0.3) is 11.1 Å². The molecule has 2 aliphatic heterocycles. The number of carbonyl (C=O) groups excluding carboxylic acids is 3. The number of rotatable bonds is 4. The van der Waals surface area contributed by atoms with Crippen molar-refractivity contribution in [3.63, 3.8) is 0 Å². The number of hydrogen-bond acceptors (Lipinski definition) is 6. The van der Waals surface area contributed by atoms with Gasteiger partial charge in [0.1, 0.15) is 6.54 Å². The first-order chi connectivity index (χ1) is 13.0. The van der Waals surface area contributed by atoms with Gasteiger partial charge in [0.2, 0.25) is 5.91 Å². The number of thiophene rings is 1. The van der Waals surface area contributed by atoms with Gasteiger partial charge in [0.15, 0.2) is 0 Å². The summed E-state index contributed by atoms with van der Waals surface area (Å²) in [6.45, 7) is -0.300. The minimum absolute atomic E-state index is 0.0780. The van der Waals surface area contributed by atoms with Crippen LogP contribution >= 0.6 is 34.7 Å². The zero-order valence-electron chi connectivity index (χ0n) is 14.0. The summed E-state index contributed by atoms with van der Waals surface area (Å²) in [7, 11) is 0. The van der Waals surface area contributed by atoms with E-state index >= 15 is 0 Å². The molecule has 6 nitrogen and oxygen atoms in total. The fraction of sp³-hybridized carbons (Fsp3) is 0.222. The third kappa shape index (κ3) is 3.52. The van der Waals surface area contributed by atoms with Gasteiger partial charge in [-0.15, -0.1) is 11.3 Å². The van der Waals surface area contributed by atoms with E-state index in [4.69, 9.17) is 11.6 Å². The highest BCUT2D eigenvalue weighted by Crippen LogP contribution is 2.36. The molecular formula is C18H14ClN3O3S2. The SMILES string of the molecule is O=C1CSC(=O)N1CC(=O)N1N=C(c2ccccc2Cl)CC1c1cccs1. The molecule has 1 unspecified atom stereocenters. The van der Waals surface area contributed by atoms with Crippen molar-refractivity contribution in [2.24, 2.45) is 5.10 Å². The Morgan fingerprint density at radius 2 is 2.04 bits per heavy atom. The molecule has 3 amide bonds. The summed E-state index contributed by atoms with van der Waals surface area (Å²) in [5.41, 5.74) is 1.49. The summed E-state index contributed by atoms with van der Waals surface area (Å²) < 4.78 is 0. The number of hydrazone groups is 1. The van der Waals surface area contributed by atoms with Gasteiger partial charge < -0.3 is 0 Å². The monoisotopic (exact) mass is 419 g/mol. The first-order valence-electron chi connectivity index (χ1n) is 8.19. The lowest BCUT2D eigenvalue weighted by molar-refractivity contribution is -0.137. The van der Waals surface area contributed by atoms with Gasteiger partial charge in [-0.1, -0.05) is 47.6 Å². The molecule has 9 heteroatoms. The van der Waals surface area contributed by atoms with Crippen LogP contribution < -0.4 is 0 Å². The Labute approximate surface area is 168 Å².